The zero-order chi connectivity index (χ0) is 66.7. The van der Waals surface area contributed by atoms with Crippen LogP contribution < -0.4 is 39.3 Å². The van der Waals surface area contributed by atoms with Crippen LogP contribution in [0.5, 0.6) is 0 Å². The van der Waals surface area contributed by atoms with Crippen LogP contribution in [0.15, 0.2) is 67.8 Å². The van der Waals surface area contributed by atoms with Crippen molar-refractivity contribution in [2.24, 2.45) is 89.0 Å². The SMILES string of the molecule is CC(=O)CCC1C2=C(C)C3=NC(C(CC(N)=O)C3(C)CCC(=O)NCC(C)OP(=O)(O)O[C@@H]3[C@@H](CO)OC(n4cnc5cc(C)c(C)cc54)[C@@H]3O)C3(C)N=C(C(C)=C4NC(=CC(=N2)C1(C)C)C(CCC(N)=O)C4(C)CC(N)=O)C(CCC(N)=O)C3(C)CC(N)=O. The zero-order valence-electron chi connectivity index (χ0n) is 53.7. The minimum absolute atomic E-state index is 0.00860. The highest BCUT2D eigenvalue weighted by molar-refractivity contribution is 7.47. The first-order valence-electron chi connectivity index (χ1n) is 30.8. The van der Waals surface area contributed by atoms with E-state index in [-0.39, 0.29) is 76.5 Å². The molecule has 0 spiro atoms. The molecule has 1 aromatic heterocycles. The summed E-state index contributed by atoms with van der Waals surface area (Å²) < 4.78 is 32.3. The number of Topliss-reactive ketones (excluding diaryl/α,β-unsaturated/α-hetero) is 1. The van der Waals surface area contributed by atoms with E-state index < -0.39 is 137 Å². The maximum Gasteiger partial charge on any atom is 0.472 e. The number of hydrogen-bond donors (Lipinski definition) is 10. The maximum absolute atomic E-state index is 14.4. The lowest BCUT2D eigenvalue weighted by Gasteiger charge is -2.48. The average molecular weight is 1270 g/mol. The molecule has 1 aromatic carbocycles. The second-order valence-corrected chi connectivity index (χ2v) is 28.7. The number of hydrogen-bond acceptors (Lipinski definition) is 18. The summed E-state index contributed by atoms with van der Waals surface area (Å²) in [5.41, 5.74) is 31.9. The number of aryl methyl sites for hydroxylation is 2. The molecular weight excluding hydrogens is 1180 g/mol. The number of aliphatic hydroxyl groups excluding tert-OH is 2. The number of ketones is 1. The molecule has 15 atom stereocenters. The lowest BCUT2D eigenvalue weighted by molar-refractivity contribution is -0.124. The van der Waals surface area contributed by atoms with Crippen molar-refractivity contribution in [3.63, 3.8) is 0 Å². The minimum Gasteiger partial charge on any atom is -0.394 e. The molecule has 0 saturated carbocycles. The fourth-order valence-electron chi connectivity index (χ4n) is 15.5. The number of benzene rings is 1. The van der Waals surface area contributed by atoms with Crippen molar-refractivity contribution < 1.29 is 67.0 Å². The second kappa shape index (κ2) is 25.7. The zero-order valence-corrected chi connectivity index (χ0v) is 54.6. The molecule has 8 rings (SSSR count). The van der Waals surface area contributed by atoms with Crippen LogP contribution in [0.25, 0.3) is 11.0 Å². The molecule has 8 bridgehead atoms. The first-order chi connectivity index (χ1) is 41.8. The Bertz CT molecular complexity index is 3530. The number of primary amides is 5. The van der Waals surface area contributed by atoms with Gasteiger partial charge in [0.25, 0.3) is 0 Å². The number of fused-ring (bicyclic) bond motifs is 7. The Labute approximate surface area is 524 Å². The van der Waals surface area contributed by atoms with E-state index in [1.54, 1.807) is 4.57 Å². The summed E-state index contributed by atoms with van der Waals surface area (Å²) in [4.78, 5) is 126. The molecule has 2 aromatic rings. The number of carbonyl (C=O) groups is 7. The summed E-state index contributed by atoms with van der Waals surface area (Å²) in [5.74, 6) is -6.48. The van der Waals surface area contributed by atoms with Crippen LogP contribution in [-0.4, -0.2) is 132 Å². The highest BCUT2D eigenvalue weighted by atomic mass is 31.2. The number of nitrogens with zero attached hydrogens (tertiary/aromatic N) is 5. The van der Waals surface area contributed by atoms with Gasteiger partial charge in [-0.2, -0.15) is 0 Å². The molecule has 492 valence electrons. The van der Waals surface area contributed by atoms with E-state index in [2.05, 4.69) is 15.6 Å². The Hall–Kier alpha value is -6.80. The van der Waals surface area contributed by atoms with Gasteiger partial charge >= 0.3 is 7.82 Å². The molecule has 0 aliphatic carbocycles. The number of ether oxygens (including phenoxy) is 1. The summed E-state index contributed by atoms with van der Waals surface area (Å²) >= 11 is 0. The fourth-order valence-corrected chi connectivity index (χ4v) is 16.6. The first kappa shape index (κ1) is 69.1. The Morgan fingerprint density at radius 2 is 1.44 bits per heavy atom. The third-order valence-electron chi connectivity index (χ3n) is 20.7. The molecule has 6 aliphatic heterocycles. The molecule has 7 heterocycles. The number of aromatic nitrogens is 2. The number of nitrogens with one attached hydrogen (secondary N) is 2. The molecule has 26 nitrogen and oxygen atoms in total. The van der Waals surface area contributed by atoms with Crippen molar-refractivity contribution in [1.82, 2.24) is 20.2 Å². The summed E-state index contributed by atoms with van der Waals surface area (Å²) in [7, 11) is -5.06. The van der Waals surface area contributed by atoms with E-state index in [4.69, 9.17) is 57.4 Å². The van der Waals surface area contributed by atoms with Crippen molar-refractivity contribution in [3.8, 4) is 0 Å². The second-order valence-electron chi connectivity index (χ2n) is 27.3. The number of phosphoric ester groups is 1. The number of aliphatic imine (C=N–C) groups is 3. The third-order valence-corrected chi connectivity index (χ3v) is 21.8. The minimum atomic E-state index is -5.06. The van der Waals surface area contributed by atoms with Gasteiger partial charge in [-0.3, -0.25) is 52.8 Å². The summed E-state index contributed by atoms with van der Waals surface area (Å²) in [6, 6.07) is 2.72. The van der Waals surface area contributed by atoms with Crippen LogP contribution in [0.2, 0.25) is 0 Å². The molecule has 6 amide bonds. The molecule has 90 heavy (non-hydrogen) atoms. The molecule has 0 radical (unpaired) electrons. The molecule has 6 aliphatic rings. The van der Waals surface area contributed by atoms with Gasteiger partial charge in [-0.25, -0.2) is 9.55 Å². The van der Waals surface area contributed by atoms with Gasteiger partial charge in [0.1, 0.15) is 24.1 Å². The number of amides is 6. The van der Waals surface area contributed by atoms with Gasteiger partial charge in [0.05, 0.1) is 41.7 Å². The number of phosphoric acid groups is 1. The highest BCUT2D eigenvalue weighted by Crippen LogP contribution is 2.63. The quantitative estimate of drug-likeness (QED) is 0.0588. The smallest absolute Gasteiger partial charge is 0.394 e. The third kappa shape index (κ3) is 13.0. The lowest BCUT2D eigenvalue weighted by Crippen LogP contribution is -2.56. The molecule has 2 fully saturated rings. The van der Waals surface area contributed by atoms with Gasteiger partial charge in [-0.1, -0.05) is 34.6 Å². The Morgan fingerprint density at radius 1 is 0.822 bits per heavy atom. The number of allylic oxidation sites excluding steroid dienone is 6. The Morgan fingerprint density at radius 3 is 2.04 bits per heavy atom. The van der Waals surface area contributed by atoms with E-state index in [1.165, 1.54) is 20.2 Å². The van der Waals surface area contributed by atoms with Gasteiger partial charge < -0.3 is 68.5 Å². The van der Waals surface area contributed by atoms with E-state index in [0.29, 0.717) is 62.8 Å². The number of imidazole rings is 1. The van der Waals surface area contributed by atoms with Gasteiger partial charge in [-0.05, 0) is 115 Å². The molecule has 2 saturated heterocycles. The van der Waals surface area contributed by atoms with Crippen molar-refractivity contribution in [1.29, 1.82) is 0 Å². The van der Waals surface area contributed by atoms with Crippen molar-refractivity contribution in [2.75, 3.05) is 13.2 Å². The molecule has 27 heteroatoms. The van der Waals surface area contributed by atoms with E-state index in [1.807, 2.05) is 87.4 Å². The lowest BCUT2D eigenvalue weighted by atomic mass is 9.55. The summed E-state index contributed by atoms with van der Waals surface area (Å²) in [5, 5.41) is 28.3. The van der Waals surface area contributed by atoms with E-state index in [9.17, 15) is 53.2 Å². The van der Waals surface area contributed by atoms with Gasteiger partial charge in [-0.15, -0.1) is 0 Å². The predicted molar refractivity (Wildman–Crippen MR) is 335 cm³/mol. The van der Waals surface area contributed by atoms with Gasteiger partial charge in [0.2, 0.25) is 35.4 Å². The van der Waals surface area contributed by atoms with E-state index in [0.717, 1.165) is 11.1 Å². The number of aliphatic hydroxyl groups is 2. The number of carbonyl (C=O) groups excluding carboxylic acids is 7. The monoisotopic (exact) mass is 1270 g/mol. The van der Waals surface area contributed by atoms with Crippen molar-refractivity contribution in [3.05, 3.63) is 63.9 Å². The highest BCUT2D eigenvalue weighted by Gasteiger charge is 2.66. The van der Waals surface area contributed by atoms with Crippen LogP contribution in [0.4, 0.5) is 0 Å². The Balaban J connectivity index is 1.19. The summed E-state index contributed by atoms with van der Waals surface area (Å²) in [6.07, 6.45) is -3.72. The Kier molecular flexibility index (Phi) is 19.7. The first-order valence-corrected chi connectivity index (χ1v) is 32.3. The predicted octanol–water partition coefficient (Wildman–Crippen LogP) is 4.27. The average Bonchev–Trinajstić information content (AvgIpc) is 1.53. The van der Waals surface area contributed by atoms with E-state index >= 15 is 0 Å². The van der Waals surface area contributed by atoms with Crippen LogP contribution in [0.1, 0.15) is 157 Å². The maximum atomic E-state index is 14.4. The van der Waals surface area contributed by atoms with Crippen LogP contribution in [0, 0.1) is 59.2 Å². The van der Waals surface area contributed by atoms with Crippen molar-refractivity contribution in [2.45, 2.75) is 196 Å². The number of rotatable bonds is 26. The number of nitrogens with two attached hydrogens (primary N) is 5. The van der Waals surface area contributed by atoms with Gasteiger partial charge in [0, 0.05) is 131 Å². The van der Waals surface area contributed by atoms with Crippen LogP contribution >= 0.6 is 7.82 Å². The largest absolute Gasteiger partial charge is 0.472 e. The summed E-state index contributed by atoms with van der Waals surface area (Å²) in [6.45, 7) is 21.0. The molecule has 15 N–H and O–H groups in total. The van der Waals surface area contributed by atoms with Crippen LogP contribution in [0.3, 0.4) is 0 Å². The normalized spacial score (nSPS) is 32.1. The molecular formula is C63H91N12O14P. The molecule has 12 unspecified atom stereocenters. The topological polar surface area (TPSA) is 434 Å². The van der Waals surface area contributed by atoms with Crippen molar-refractivity contribution >= 4 is 77.2 Å². The van der Waals surface area contributed by atoms with Crippen LogP contribution in [-0.2, 0) is 51.9 Å². The fraction of sp³-hybridized carbons (Fsp3) is 0.635. The standard InChI is InChI=1S/C63H91N12O14P/c1-30-21-41-42(22-31(30)2)75(29-70-41)58-53(84)54(43(28-76)87-58)89-90(85,86)88-33(4)27-69-50(83)19-20-60(9)39(23-47(66)80)57-63(12)62(11,26-49(68)82)38(16-18-46(65)79)52(74-63)35(6)56-61(10,25-48(67)81)36(15-17-45(64)78)40(71-56)24-44-59(7,8)37(14-13-32(3)77)51(72-44)34(5)55(60)73-57/h21-22,24,29,33,36-39,43,53-54,57-58,71,76,84H,13-20,23,25-28H2,1-12H3,(H2,64,78)(H2,65,79)(H2,66,80)(H2,67,81)(H2,68,82)(H,69,83)(H,85,86)/t33?,36?,37?,38?,39?,43-,53-,54-,57?,58?,60?,61?,62?,63?/m1/s1. The van der Waals surface area contributed by atoms with Gasteiger partial charge in [0.15, 0.2) is 6.23 Å².